The van der Waals surface area contributed by atoms with Crippen LogP contribution in [0, 0.1) is 0 Å². The number of esters is 1. The van der Waals surface area contributed by atoms with Crippen LogP contribution in [-0.4, -0.2) is 41.8 Å². The molecule has 1 rings (SSSR count). The van der Waals surface area contributed by atoms with Crippen LogP contribution < -0.4 is 5.32 Å². The number of thiol groups is 1. The van der Waals surface area contributed by atoms with E-state index < -0.39 is 12.0 Å². The molecule has 2 unspecified atom stereocenters. The van der Waals surface area contributed by atoms with Crippen LogP contribution in [0.4, 0.5) is 0 Å². The summed E-state index contributed by atoms with van der Waals surface area (Å²) in [5.74, 6) is 0.966. The molecule has 1 amide bonds. The molecule has 4 nitrogen and oxygen atoms in total. The molecule has 110 valence electrons. The summed E-state index contributed by atoms with van der Waals surface area (Å²) >= 11 is 4.03. The van der Waals surface area contributed by atoms with Crippen LogP contribution in [0.25, 0.3) is 0 Å². The summed E-state index contributed by atoms with van der Waals surface area (Å²) in [6.07, 6.45) is 4.86. The Bertz CT molecular complexity index is 296. The van der Waals surface area contributed by atoms with Crippen LogP contribution in [0.3, 0.4) is 0 Å². The van der Waals surface area contributed by atoms with E-state index in [0.717, 1.165) is 18.1 Å². The summed E-state index contributed by atoms with van der Waals surface area (Å²) in [6.45, 7) is 0. The van der Waals surface area contributed by atoms with E-state index in [1.807, 2.05) is 21.6 Å². The predicted molar refractivity (Wildman–Crippen MR) is 84.7 cm³/mol. The highest BCUT2D eigenvalue weighted by molar-refractivity contribution is 8.77. The van der Waals surface area contributed by atoms with E-state index in [2.05, 4.69) is 22.7 Å². The second-order valence-electron chi connectivity index (χ2n) is 4.40. The zero-order valence-corrected chi connectivity index (χ0v) is 13.6. The van der Waals surface area contributed by atoms with Gasteiger partial charge in [-0.1, -0.05) is 28.0 Å². The minimum Gasteiger partial charge on any atom is -0.467 e. The van der Waals surface area contributed by atoms with Crippen molar-refractivity contribution in [1.29, 1.82) is 0 Å². The standard InChI is InChI=1S/C12H21NO3S3/c1-16-12(15)10(8-17)13-11(14)5-3-2-4-9-6-7-18-19-9/h9-10,17H,2-8H2,1H3,(H,13,14). The maximum absolute atomic E-state index is 11.7. The highest BCUT2D eigenvalue weighted by Crippen LogP contribution is 2.39. The van der Waals surface area contributed by atoms with Gasteiger partial charge in [0.15, 0.2) is 0 Å². The number of rotatable bonds is 8. The average Bonchev–Trinajstić information content (AvgIpc) is 2.93. The molecular weight excluding hydrogens is 302 g/mol. The van der Waals surface area contributed by atoms with Crippen molar-refractivity contribution >= 4 is 46.1 Å². The van der Waals surface area contributed by atoms with Crippen molar-refractivity contribution in [3.63, 3.8) is 0 Å². The van der Waals surface area contributed by atoms with E-state index in [9.17, 15) is 9.59 Å². The zero-order chi connectivity index (χ0) is 14.1. The van der Waals surface area contributed by atoms with Gasteiger partial charge in [0.2, 0.25) is 5.91 Å². The molecule has 0 spiro atoms. The second kappa shape index (κ2) is 9.83. The lowest BCUT2D eigenvalue weighted by atomic mass is 10.1. The first-order valence-electron chi connectivity index (χ1n) is 6.43. The predicted octanol–water partition coefficient (Wildman–Crippen LogP) is 2.29. The van der Waals surface area contributed by atoms with Gasteiger partial charge in [-0.2, -0.15) is 12.6 Å². The lowest BCUT2D eigenvalue weighted by Crippen LogP contribution is -2.42. The van der Waals surface area contributed by atoms with Crippen molar-refractivity contribution in [2.75, 3.05) is 18.6 Å². The Morgan fingerprint density at radius 2 is 2.26 bits per heavy atom. The van der Waals surface area contributed by atoms with Gasteiger partial charge in [0, 0.05) is 23.2 Å². The van der Waals surface area contributed by atoms with Crippen molar-refractivity contribution in [2.24, 2.45) is 0 Å². The lowest BCUT2D eigenvalue weighted by Gasteiger charge is -2.14. The van der Waals surface area contributed by atoms with Gasteiger partial charge < -0.3 is 10.1 Å². The van der Waals surface area contributed by atoms with Crippen molar-refractivity contribution < 1.29 is 14.3 Å². The fourth-order valence-corrected chi connectivity index (χ4v) is 5.08. The van der Waals surface area contributed by atoms with Crippen molar-refractivity contribution in [3.05, 3.63) is 0 Å². The number of carbonyl (C=O) groups is 2. The normalized spacial score (nSPS) is 20.0. The van der Waals surface area contributed by atoms with E-state index in [-0.39, 0.29) is 11.7 Å². The molecule has 0 aliphatic carbocycles. The first-order chi connectivity index (χ1) is 9.17. The largest absolute Gasteiger partial charge is 0.467 e. The first kappa shape index (κ1) is 17.0. The third-order valence-electron chi connectivity index (χ3n) is 2.91. The van der Waals surface area contributed by atoms with E-state index >= 15 is 0 Å². The number of amides is 1. The number of nitrogens with one attached hydrogen (secondary N) is 1. The molecule has 1 fully saturated rings. The molecule has 1 aliphatic heterocycles. The monoisotopic (exact) mass is 323 g/mol. The highest BCUT2D eigenvalue weighted by Gasteiger charge is 2.20. The highest BCUT2D eigenvalue weighted by atomic mass is 33.1. The fraction of sp³-hybridized carbons (Fsp3) is 0.833. The Labute approximate surface area is 128 Å². The minimum atomic E-state index is -0.636. The lowest BCUT2D eigenvalue weighted by molar-refractivity contribution is -0.144. The molecule has 0 bridgehead atoms. The molecule has 1 N–H and O–H groups in total. The maximum Gasteiger partial charge on any atom is 0.329 e. The van der Waals surface area contributed by atoms with Gasteiger partial charge in [-0.25, -0.2) is 4.79 Å². The first-order valence-corrected chi connectivity index (χ1v) is 9.45. The Morgan fingerprint density at radius 3 is 2.84 bits per heavy atom. The SMILES string of the molecule is COC(=O)C(CS)NC(=O)CCCCC1CCSS1. The van der Waals surface area contributed by atoms with Crippen LogP contribution >= 0.6 is 34.2 Å². The molecular formula is C12H21NO3S3. The topological polar surface area (TPSA) is 55.4 Å². The van der Waals surface area contributed by atoms with Gasteiger partial charge in [-0.05, 0) is 19.3 Å². The van der Waals surface area contributed by atoms with Crippen LogP contribution in [-0.2, 0) is 14.3 Å². The molecule has 0 aromatic carbocycles. The van der Waals surface area contributed by atoms with Gasteiger partial charge >= 0.3 is 5.97 Å². The minimum absolute atomic E-state index is 0.0992. The van der Waals surface area contributed by atoms with Gasteiger partial charge in [-0.15, -0.1) is 0 Å². The summed E-state index contributed by atoms with van der Waals surface area (Å²) in [5, 5.41) is 3.40. The maximum atomic E-state index is 11.7. The molecule has 1 heterocycles. The summed E-state index contributed by atoms with van der Waals surface area (Å²) in [5.41, 5.74) is 0. The quantitative estimate of drug-likeness (QED) is 0.311. The van der Waals surface area contributed by atoms with Crippen LogP contribution in [0.1, 0.15) is 32.1 Å². The summed E-state index contributed by atoms with van der Waals surface area (Å²) in [7, 11) is 5.22. The Kier molecular flexibility index (Phi) is 8.81. The van der Waals surface area contributed by atoms with E-state index in [1.54, 1.807) is 0 Å². The molecule has 0 aromatic rings. The van der Waals surface area contributed by atoms with Gasteiger partial charge in [-0.3, -0.25) is 4.79 Å². The molecule has 0 saturated carbocycles. The van der Waals surface area contributed by atoms with Gasteiger partial charge in [0.05, 0.1) is 7.11 Å². The van der Waals surface area contributed by atoms with E-state index in [4.69, 9.17) is 0 Å². The smallest absolute Gasteiger partial charge is 0.329 e. The summed E-state index contributed by atoms with van der Waals surface area (Å²) in [6, 6.07) is -0.636. The molecule has 0 aromatic heterocycles. The number of ether oxygens (including phenoxy) is 1. The van der Waals surface area contributed by atoms with Gasteiger partial charge in [0.1, 0.15) is 6.04 Å². The molecule has 19 heavy (non-hydrogen) atoms. The fourth-order valence-electron chi connectivity index (χ4n) is 1.81. The molecule has 2 atom stereocenters. The average molecular weight is 324 g/mol. The van der Waals surface area contributed by atoms with Crippen molar-refractivity contribution in [3.8, 4) is 0 Å². The number of unbranched alkanes of at least 4 members (excludes halogenated alkanes) is 1. The molecule has 1 aliphatic rings. The Balaban J connectivity index is 2.10. The van der Waals surface area contributed by atoms with Crippen molar-refractivity contribution in [1.82, 2.24) is 5.32 Å². The Hall–Kier alpha value is -0.0100. The second-order valence-corrected chi connectivity index (χ2v) is 7.55. The number of carbonyl (C=O) groups excluding carboxylic acids is 2. The molecule has 7 heteroatoms. The molecule has 1 saturated heterocycles. The third kappa shape index (κ3) is 6.81. The van der Waals surface area contributed by atoms with Crippen LogP contribution in [0.2, 0.25) is 0 Å². The number of hydrogen-bond donors (Lipinski definition) is 2. The third-order valence-corrected chi connectivity index (χ3v) is 6.28. The summed E-state index contributed by atoms with van der Waals surface area (Å²) in [4.78, 5) is 23.0. The zero-order valence-electron chi connectivity index (χ0n) is 11.1. The van der Waals surface area contributed by atoms with Gasteiger partial charge in [0.25, 0.3) is 0 Å². The van der Waals surface area contributed by atoms with E-state index in [1.165, 1.54) is 25.7 Å². The Morgan fingerprint density at radius 1 is 1.47 bits per heavy atom. The molecule has 0 radical (unpaired) electrons. The number of methoxy groups -OCH3 is 1. The summed E-state index contributed by atoms with van der Waals surface area (Å²) < 4.78 is 4.59. The van der Waals surface area contributed by atoms with Crippen LogP contribution in [0.5, 0.6) is 0 Å². The van der Waals surface area contributed by atoms with E-state index in [0.29, 0.717) is 6.42 Å². The number of hydrogen-bond acceptors (Lipinski definition) is 6. The van der Waals surface area contributed by atoms with Crippen LogP contribution in [0.15, 0.2) is 0 Å². The van der Waals surface area contributed by atoms with Crippen molar-refractivity contribution in [2.45, 2.75) is 43.4 Å².